The number of carbonyl (C=O) groups is 1. The van der Waals surface area contributed by atoms with Gasteiger partial charge in [0.05, 0.1) is 0 Å². The molecule has 0 amide bonds. The average molecular weight is 233 g/mol. The van der Waals surface area contributed by atoms with Crippen molar-refractivity contribution in [3.05, 3.63) is 48.8 Å². The summed E-state index contributed by atoms with van der Waals surface area (Å²) in [4.78, 5) is 11.9. The monoisotopic (exact) mass is 233 g/mol. The summed E-state index contributed by atoms with van der Waals surface area (Å²) < 4.78 is 31.7. The maximum absolute atomic E-state index is 10.6. The van der Waals surface area contributed by atoms with Crippen LogP contribution in [0.25, 0.3) is 0 Å². The molecule has 0 unspecified atom stereocenters. The van der Waals surface area contributed by atoms with E-state index in [-0.39, 0.29) is 0 Å². The summed E-state index contributed by atoms with van der Waals surface area (Å²) in [5.74, 6) is -2.76. The highest BCUT2D eigenvalue weighted by molar-refractivity contribution is 5.73. The fourth-order valence-electron chi connectivity index (χ4n) is 0.534. The number of H-pyrrole nitrogens is 1. The lowest BCUT2D eigenvalue weighted by molar-refractivity contribution is -0.192. The van der Waals surface area contributed by atoms with Gasteiger partial charge in [0, 0.05) is 12.4 Å². The van der Waals surface area contributed by atoms with E-state index >= 15 is 0 Å². The molecule has 2 N–H and O–H groups in total. The minimum atomic E-state index is -5.08. The molecule has 0 aliphatic rings. The lowest BCUT2D eigenvalue weighted by atomic mass is 10.5. The van der Waals surface area contributed by atoms with Crippen LogP contribution in [0.4, 0.5) is 13.2 Å². The number of aliphatic carboxylic acids is 1. The Morgan fingerprint density at radius 3 is 1.56 bits per heavy atom. The Hall–Kier alpha value is -1.98. The highest BCUT2D eigenvalue weighted by Crippen LogP contribution is 2.13. The lowest BCUT2D eigenvalue weighted by Crippen LogP contribution is -2.21. The van der Waals surface area contributed by atoms with Crippen molar-refractivity contribution in [2.45, 2.75) is 6.18 Å². The molecule has 0 aromatic carbocycles. The number of hydrogen-bond acceptors (Lipinski definition) is 1. The van der Waals surface area contributed by atoms with E-state index in [0.29, 0.717) is 0 Å². The maximum Gasteiger partial charge on any atom is 0.490 e. The predicted octanol–water partition coefficient (Wildman–Crippen LogP) is 2.77. The van der Waals surface area contributed by atoms with Gasteiger partial charge in [-0.25, -0.2) is 4.79 Å². The molecule has 0 fully saturated rings. The van der Waals surface area contributed by atoms with Crippen LogP contribution < -0.4 is 0 Å². The molecule has 0 radical (unpaired) electrons. The van der Waals surface area contributed by atoms with Crippen molar-refractivity contribution < 1.29 is 23.1 Å². The third kappa shape index (κ3) is 8.61. The van der Waals surface area contributed by atoms with E-state index in [2.05, 4.69) is 4.98 Å². The third-order valence-electron chi connectivity index (χ3n) is 1.18. The summed E-state index contributed by atoms with van der Waals surface area (Å²) in [7, 11) is 0. The summed E-state index contributed by atoms with van der Waals surface area (Å²) in [6.45, 7) is 0. The summed E-state index contributed by atoms with van der Waals surface area (Å²) in [5, 5.41) is 7.12. The van der Waals surface area contributed by atoms with Crippen molar-refractivity contribution in [1.82, 2.24) is 4.98 Å². The molecule has 0 saturated carbocycles. The number of alkyl halides is 3. The SMILES string of the molecule is O=C(O)C(F)(F)F.c1cccc[nH]ccc1. The number of carboxylic acid groups (broad SMARTS) is 1. The Morgan fingerprint density at radius 2 is 1.25 bits per heavy atom. The van der Waals surface area contributed by atoms with E-state index in [1.54, 1.807) is 0 Å². The van der Waals surface area contributed by atoms with Crippen molar-refractivity contribution in [2.24, 2.45) is 0 Å². The molecule has 1 rings (SSSR count). The molecule has 1 aromatic rings. The molecular weight excluding hydrogens is 223 g/mol. The van der Waals surface area contributed by atoms with Gasteiger partial charge in [0.15, 0.2) is 0 Å². The molecule has 0 aliphatic heterocycles. The summed E-state index contributed by atoms with van der Waals surface area (Å²) in [5.41, 5.74) is 0. The first-order chi connectivity index (χ1) is 7.44. The van der Waals surface area contributed by atoms with Crippen molar-refractivity contribution in [3.8, 4) is 0 Å². The highest BCUT2D eigenvalue weighted by Gasteiger charge is 2.38. The normalized spacial score (nSPS) is 9.44. The molecular formula is C10H10F3NO2. The molecule has 0 atom stereocenters. The molecule has 1 aromatic heterocycles. The van der Waals surface area contributed by atoms with Crippen LogP contribution in [0.1, 0.15) is 0 Å². The smallest absolute Gasteiger partial charge is 0.475 e. The van der Waals surface area contributed by atoms with E-state index in [1.165, 1.54) is 0 Å². The largest absolute Gasteiger partial charge is 0.490 e. The zero-order valence-corrected chi connectivity index (χ0v) is 8.11. The first kappa shape index (κ1) is 14.0. The number of nitrogens with one attached hydrogen (secondary N) is 1. The fourth-order valence-corrected chi connectivity index (χ4v) is 0.534. The zero-order valence-electron chi connectivity index (χ0n) is 8.11. The van der Waals surface area contributed by atoms with Gasteiger partial charge in [-0.2, -0.15) is 13.2 Å². The van der Waals surface area contributed by atoms with Crippen molar-refractivity contribution in [2.75, 3.05) is 0 Å². The van der Waals surface area contributed by atoms with Crippen molar-refractivity contribution in [3.63, 3.8) is 0 Å². The minimum Gasteiger partial charge on any atom is -0.475 e. The molecule has 0 aliphatic carbocycles. The van der Waals surface area contributed by atoms with Crippen LogP contribution in [0.5, 0.6) is 0 Å². The van der Waals surface area contributed by atoms with E-state index in [9.17, 15) is 13.2 Å². The number of hydrogen-bond donors (Lipinski definition) is 2. The predicted molar refractivity (Wildman–Crippen MR) is 52.1 cm³/mol. The molecule has 6 heteroatoms. The Labute approximate surface area is 89.9 Å². The van der Waals surface area contributed by atoms with Crippen LogP contribution in [-0.4, -0.2) is 22.2 Å². The molecule has 0 bridgehead atoms. The molecule has 1 heterocycles. The van der Waals surface area contributed by atoms with Gasteiger partial charge in [0.1, 0.15) is 0 Å². The summed E-state index contributed by atoms with van der Waals surface area (Å²) in [6.07, 6.45) is -1.33. The van der Waals surface area contributed by atoms with E-state index < -0.39 is 12.1 Å². The summed E-state index contributed by atoms with van der Waals surface area (Å²) >= 11 is 0. The van der Waals surface area contributed by atoms with Crippen molar-refractivity contribution in [1.29, 1.82) is 0 Å². The minimum absolute atomic E-state index is 1.88. The maximum atomic E-state index is 10.6. The van der Waals surface area contributed by atoms with Crippen LogP contribution in [0.15, 0.2) is 48.8 Å². The van der Waals surface area contributed by atoms with Gasteiger partial charge in [0.2, 0.25) is 0 Å². The Balaban J connectivity index is 0.000000293. The third-order valence-corrected chi connectivity index (χ3v) is 1.18. The van der Waals surface area contributed by atoms with Crippen LogP contribution >= 0.6 is 0 Å². The van der Waals surface area contributed by atoms with Gasteiger partial charge >= 0.3 is 12.1 Å². The van der Waals surface area contributed by atoms with E-state index in [0.717, 1.165) is 0 Å². The summed E-state index contributed by atoms with van der Waals surface area (Å²) in [6, 6.07) is 11.8. The fraction of sp³-hybridized carbons (Fsp3) is 0.100. The number of aromatic amines is 1. The molecule has 16 heavy (non-hydrogen) atoms. The van der Waals surface area contributed by atoms with Gasteiger partial charge in [-0.1, -0.05) is 24.3 Å². The van der Waals surface area contributed by atoms with E-state index in [1.807, 2.05) is 48.8 Å². The number of aromatic nitrogens is 1. The van der Waals surface area contributed by atoms with Gasteiger partial charge in [-0.3, -0.25) is 0 Å². The number of halogens is 3. The van der Waals surface area contributed by atoms with Gasteiger partial charge in [-0.15, -0.1) is 0 Å². The van der Waals surface area contributed by atoms with Crippen LogP contribution in [0, 0.1) is 0 Å². The lowest BCUT2D eigenvalue weighted by Gasteiger charge is -1.93. The molecule has 0 saturated heterocycles. The quantitative estimate of drug-likeness (QED) is 0.723. The Kier molecular flexibility index (Phi) is 6.42. The van der Waals surface area contributed by atoms with Gasteiger partial charge < -0.3 is 10.1 Å². The van der Waals surface area contributed by atoms with Gasteiger partial charge in [-0.05, 0) is 12.1 Å². The second kappa shape index (κ2) is 7.33. The Morgan fingerprint density at radius 1 is 0.938 bits per heavy atom. The average Bonchev–Trinajstić information content (AvgIpc) is 2.31. The first-order valence-electron chi connectivity index (χ1n) is 4.16. The van der Waals surface area contributed by atoms with Crippen LogP contribution in [-0.2, 0) is 4.79 Å². The molecule has 88 valence electrons. The zero-order chi connectivity index (χ0) is 12.4. The number of rotatable bonds is 0. The van der Waals surface area contributed by atoms with E-state index in [4.69, 9.17) is 9.90 Å². The molecule has 3 nitrogen and oxygen atoms in total. The van der Waals surface area contributed by atoms with Gasteiger partial charge in [0.25, 0.3) is 0 Å². The number of carboxylic acids is 1. The van der Waals surface area contributed by atoms with Crippen LogP contribution in [0.3, 0.4) is 0 Å². The topological polar surface area (TPSA) is 53.1 Å². The van der Waals surface area contributed by atoms with Crippen molar-refractivity contribution >= 4 is 5.97 Å². The Bertz CT molecular complexity index is 284. The second-order valence-corrected chi connectivity index (χ2v) is 2.46. The molecule has 0 spiro atoms. The first-order valence-corrected chi connectivity index (χ1v) is 4.16. The standard InChI is InChI=1S/C8H9N.C2HF3O2/c1-2-4-6-8-9-7-5-3-1;3-2(4,5)1(6)7/h1-9H;(H,6,7). The highest BCUT2D eigenvalue weighted by atomic mass is 19.4. The second-order valence-electron chi connectivity index (χ2n) is 2.46. The van der Waals surface area contributed by atoms with Crippen LogP contribution in [0.2, 0.25) is 0 Å².